The van der Waals surface area contributed by atoms with E-state index >= 15 is 0 Å². The minimum absolute atomic E-state index is 0.173. The number of carboxylic acids is 1. The van der Waals surface area contributed by atoms with Gasteiger partial charge in [-0.25, -0.2) is 9.18 Å². The van der Waals surface area contributed by atoms with Crippen LogP contribution in [-0.4, -0.2) is 11.1 Å². The van der Waals surface area contributed by atoms with Gasteiger partial charge in [0.1, 0.15) is 11.2 Å². The third kappa shape index (κ3) is 5.00. The van der Waals surface area contributed by atoms with E-state index < -0.39 is 11.8 Å². The Kier molecular flexibility index (Phi) is 7.33. The number of hydrogen-bond donors (Lipinski definition) is 1. The highest BCUT2D eigenvalue weighted by molar-refractivity contribution is 8.03. The van der Waals surface area contributed by atoms with Gasteiger partial charge >= 0.3 is 5.97 Å². The standard InChI is InChI=1S/C24H26FNO2S/c1-2-3-5-16-8-10-17(11-9-16)23-19(6-4-7-20(23)24(27)28)18-12-13-22(29-15-26)21(25)14-18/h4,6-7,12-14,16-17H,2-3,5,8-11H2,1H3,(H,27,28). The molecule has 5 heteroatoms. The molecule has 1 saturated carbocycles. The lowest BCUT2D eigenvalue weighted by Crippen LogP contribution is -2.17. The molecule has 0 bridgehead atoms. The van der Waals surface area contributed by atoms with Crippen molar-refractivity contribution in [3.8, 4) is 16.5 Å². The fourth-order valence-electron chi connectivity index (χ4n) is 4.48. The largest absolute Gasteiger partial charge is 0.478 e. The van der Waals surface area contributed by atoms with E-state index in [4.69, 9.17) is 5.26 Å². The molecule has 0 saturated heterocycles. The van der Waals surface area contributed by atoms with Gasteiger partial charge in [-0.05, 0) is 84.2 Å². The van der Waals surface area contributed by atoms with E-state index in [0.29, 0.717) is 11.1 Å². The number of rotatable bonds is 7. The second kappa shape index (κ2) is 9.93. The first-order chi connectivity index (χ1) is 14.0. The van der Waals surface area contributed by atoms with Gasteiger partial charge in [0, 0.05) is 0 Å². The molecule has 1 aliphatic carbocycles. The van der Waals surface area contributed by atoms with Crippen molar-refractivity contribution in [1.82, 2.24) is 0 Å². The fraction of sp³-hybridized carbons (Fsp3) is 0.417. The number of aromatic carboxylic acids is 1. The lowest BCUT2D eigenvalue weighted by atomic mass is 9.74. The predicted molar refractivity (Wildman–Crippen MR) is 114 cm³/mol. The lowest BCUT2D eigenvalue weighted by molar-refractivity contribution is 0.0694. The quantitative estimate of drug-likeness (QED) is 0.386. The van der Waals surface area contributed by atoms with Crippen molar-refractivity contribution in [2.24, 2.45) is 5.92 Å². The summed E-state index contributed by atoms with van der Waals surface area (Å²) in [6.07, 6.45) is 7.87. The third-order valence-electron chi connectivity index (χ3n) is 5.96. The molecular formula is C24H26FNO2S. The van der Waals surface area contributed by atoms with E-state index in [1.165, 1.54) is 25.3 Å². The van der Waals surface area contributed by atoms with E-state index in [9.17, 15) is 14.3 Å². The van der Waals surface area contributed by atoms with Crippen molar-refractivity contribution in [2.75, 3.05) is 0 Å². The molecule has 0 aliphatic heterocycles. The average Bonchev–Trinajstić information content (AvgIpc) is 2.73. The Morgan fingerprint density at radius 3 is 2.62 bits per heavy atom. The summed E-state index contributed by atoms with van der Waals surface area (Å²) in [5, 5.41) is 20.5. The highest BCUT2D eigenvalue weighted by Gasteiger charge is 2.28. The summed E-state index contributed by atoms with van der Waals surface area (Å²) >= 11 is 0.789. The van der Waals surface area contributed by atoms with Gasteiger partial charge in [0.2, 0.25) is 0 Å². The smallest absolute Gasteiger partial charge is 0.335 e. The molecule has 0 heterocycles. The zero-order valence-corrected chi connectivity index (χ0v) is 17.5. The normalized spacial score (nSPS) is 18.9. The highest BCUT2D eigenvalue weighted by Crippen LogP contribution is 2.43. The molecule has 29 heavy (non-hydrogen) atoms. The minimum atomic E-state index is -0.938. The molecule has 0 aromatic heterocycles. The van der Waals surface area contributed by atoms with Crippen LogP contribution in [0, 0.1) is 22.4 Å². The predicted octanol–water partition coefficient (Wildman–Crippen LogP) is 7.23. The van der Waals surface area contributed by atoms with Gasteiger partial charge in [0.25, 0.3) is 0 Å². The Morgan fingerprint density at radius 2 is 2.00 bits per heavy atom. The molecule has 152 valence electrons. The Labute approximate surface area is 175 Å². The van der Waals surface area contributed by atoms with Crippen LogP contribution in [0.4, 0.5) is 4.39 Å². The molecule has 2 aromatic carbocycles. The molecule has 1 N–H and O–H groups in total. The number of halogens is 1. The number of carbonyl (C=O) groups is 1. The van der Waals surface area contributed by atoms with Crippen LogP contribution >= 0.6 is 11.8 Å². The molecule has 3 nitrogen and oxygen atoms in total. The molecule has 3 rings (SSSR count). The summed E-state index contributed by atoms with van der Waals surface area (Å²) in [6.45, 7) is 2.21. The second-order valence-electron chi connectivity index (χ2n) is 7.77. The first-order valence-corrected chi connectivity index (χ1v) is 11.1. The van der Waals surface area contributed by atoms with Crippen molar-refractivity contribution < 1.29 is 14.3 Å². The van der Waals surface area contributed by atoms with Gasteiger partial charge < -0.3 is 5.11 Å². The molecule has 0 spiro atoms. The third-order valence-corrected chi connectivity index (χ3v) is 6.60. The first kappa shape index (κ1) is 21.4. The molecule has 1 aliphatic rings. The van der Waals surface area contributed by atoms with Crippen molar-refractivity contribution in [3.63, 3.8) is 0 Å². The molecular weight excluding hydrogens is 385 g/mol. The first-order valence-electron chi connectivity index (χ1n) is 10.3. The van der Waals surface area contributed by atoms with Crippen molar-refractivity contribution in [3.05, 3.63) is 53.3 Å². The zero-order chi connectivity index (χ0) is 20.8. The Morgan fingerprint density at radius 1 is 1.24 bits per heavy atom. The maximum Gasteiger partial charge on any atom is 0.335 e. The van der Waals surface area contributed by atoms with Crippen LogP contribution < -0.4 is 0 Å². The number of carboxylic acid groups (broad SMARTS) is 1. The summed E-state index contributed by atoms with van der Waals surface area (Å²) in [7, 11) is 0. The summed E-state index contributed by atoms with van der Waals surface area (Å²) in [4.78, 5) is 12.2. The molecule has 0 unspecified atom stereocenters. The monoisotopic (exact) mass is 411 g/mol. The Hall–Kier alpha value is -2.32. The Bertz CT molecular complexity index is 914. The number of thiocyanates is 1. The minimum Gasteiger partial charge on any atom is -0.478 e. The zero-order valence-electron chi connectivity index (χ0n) is 16.7. The number of nitrogens with zero attached hydrogens (tertiary/aromatic N) is 1. The van der Waals surface area contributed by atoms with Gasteiger partial charge in [-0.2, -0.15) is 5.26 Å². The highest BCUT2D eigenvalue weighted by atomic mass is 32.2. The van der Waals surface area contributed by atoms with Gasteiger partial charge in [-0.15, -0.1) is 0 Å². The van der Waals surface area contributed by atoms with Crippen LogP contribution in [0.3, 0.4) is 0 Å². The molecule has 2 aromatic rings. The van der Waals surface area contributed by atoms with Crippen LogP contribution in [-0.2, 0) is 0 Å². The van der Waals surface area contributed by atoms with Crippen molar-refractivity contribution in [1.29, 1.82) is 5.26 Å². The van der Waals surface area contributed by atoms with Crippen LogP contribution in [0.2, 0.25) is 0 Å². The molecule has 1 fully saturated rings. The number of thioether (sulfide) groups is 1. The van der Waals surface area contributed by atoms with Crippen molar-refractivity contribution >= 4 is 17.7 Å². The average molecular weight is 412 g/mol. The summed E-state index contributed by atoms with van der Waals surface area (Å²) in [5.41, 5.74) is 2.59. The van der Waals surface area contributed by atoms with Gasteiger partial charge in [-0.3, -0.25) is 0 Å². The second-order valence-corrected chi connectivity index (χ2v) is 8.60. The Balaban J connectivity index is 1.96. The van der Waals surface area contributed by atoms with E-state index in [-0.39, 0.29) is 10.8 Å². The fourth-order valence-corrected chi connectivity index (χ4v) is 4.87. The van der Waals surface area contributed by atoms with E-state index in [1.807, 2.05) is 11.5 Å². The maximum absolute atomic E-state index is 14.4. The number of nitriles is 1. The lowest BCUT2D eigenvalue weighted by Gasteiger charge is -2.31. The number of benzene rings is 2. The van der Waals surface area contributed by atoms with Gasteiger partial charge in [-0.1, -0.05) is 44.4 Å². The van der Waals surface area contributed by atoms with E-state index in [2.05, 4.69) is 6.92 Å². The van der Waals surface area contributed by atoms with E-state index in [0.717, 1.165) is 54.5 Å². The maximum atomic E-state index is 14.4. The van der Waals surface area contributed by atoms with Crippen LogP contribution in [0.25, 0.3) is 11.1 Å². The van der Waals surface area contributed by atoms with E-state index in [1.54, 1.807) is 24.3 Å². The van der Waals surface area contributed by atoms with Gasteiger partial charge in [0.05, 0.1) is 10.5 Å². The SMILES string of the molecule is CCCCC1CCC(c2c(C(=O)O)cccc2-c2ccc(SC#N)c(F)c2)CC1. The summed E-state index contributed by atoms with van der Waals surface area (Å²) in [6, 6.07) is 10.1. The van der Waals surface area contributed by atoms with Crippen LogP contribution in [0.5, 0.6) is 0 Å². The molecule has 0 amide bonds. The summed E-state index contributed by atoms with van der Waals surface area (Å²) in [5.74, 6) is -0.492. The molecule has 0 radical (unpaired) electrons. The molecule has 0 atom stereocenters. The topological polar surface area (TPSA) is 61.1 Å². The number of hydrogen-bond acceptors (Lipinski definition) is 3. The van der Waals surface area contributed by atoms with Gasteiger partial charge in [0.15, 0.2) is 0 Å². The van der Waals surface area contributed by atoms with Crippen LogP contribution in [0.1, 0.15) is 73.7 Å². The summed E-state index contributed by atoms with van der Waals surface area (Å²) < 4.78 is 14.4. The number of unbranched alkanes of at least 4 members (excludes halogenated alkanes) is 1. The van der Waals surface area contributed by atoms with Crippen molar-refractivity contribution in [2.45, 2.75) is 62.7 Å². The van der Waals surface area contributed by atoms with Crippen LogP contribution in [0.15, 0.2) is 41.3 Å².